The maximum Gasteiger partial charge on any atom is 0.552 e. The van der Waals surface area contributed by atoms with Crippen molar-refractivity contribution < 1.29 is 22.8 Å². The Balaban J connectivity index is 1.28. The van der Waals surface area contributed by atoms with E-state index in [1.807, 2.05) is 12.3 Å². The number of nitrogens with zero attached hydrogens (tertiary/aromatic N) is 1. The largest absolute Gasteiger partial charge is 0.552 e. The molecule has 1 aliphatic carbocycles. The zero-order valence-electron chi connectivity index (χ0n) is 15.5. The van der Waals surface area contributed by atoms with Crippen LogP contribution in [0.15, 0.2) is 24.4 Å². The van der Waals surface area contributed by atoms with Gasteiger partial charge in [-0.3, -0.25) is 0 Å². The molecular weight excluding hydrogens is 379 g/mol. The lowest BCUT2D eigenvalue weighted by atomic mass is 9.66. The summed E-state index contributed by atoms with van der Waals surface area (Å²) in [6.07, 6.45) is 5.81. The van der Waals surface area contributed by atoms with E-state index in [9.17, 15) is 13.4 Å². The van der Waals surface area contributed by atoms with Crippen LogP contribution in [0.4, 0.5) is 0 Å². The second kappa shape index (κ2) is 6.90. The molecule has 0 amide bonds. The van der Waals surface area contributed by atoms with Crippen LogP contribution < -0.4 is 4.65 Å². The monoisotopic (exact) mass is 402 g/mol. The van der Waals surface area contributed by atoms with Crippen molar-refractivity contribution in [1.29, 1.82) is 0 Å². The third-order valence-electron chi connectivity index (χ3n) is 6.12. The summed E-state index contributed by atoms with van der Waals surface area (Å²) in [5, 5.41) is 11.0. The molecule has 0 bridgehead atoms. The normalized spacial score (nSPS) is 24.9. The molecule has 0 radical (unpaired) electrons. The van der Waals surface area contributed by atoms with Gasteiger partial charge in [0.2, 0.25) is 0 Å². The van der Waals surface area contributed by atoms with E-state index in [0.29, 0.717) is 31.3 Å². The van der Waals surface area contributed by atoms with Crippen molar-refractivity contribution in [3.8, 4) is 5.75 Å². The molecule has 2 aromatic heterocycles. The number of aromatic nitrogens is 2. The Morgan fingerprint density at radius 3 is 2.86 bits per heavy atom. The molecule has 2 fully saturated rings. The van der Waals surface area contributed by atoms with Crippen LogP contribution in [0.25, 0.3) is 16.6 Å². The average Bonchev–Trinajstić information content (AvgIpc) is 3.04. The summed E-state index contributed by atoms with van der Waals surface area (Å²) >= 11 is 0. The molecule has 2 aliphatic heterocycles. The van der Waals surface area contributed by atoms with Crippen molar-refractivity contribution >= 4 is 33.6 Å². The Morgan fingerprint density at radius 2 is 2.11 bits per heavy atom. The maximum atomic E-state index is 12.4. The van der Waals surface area contributed by atoms with Crippen LogP contribution in [0.1, 0.15) is 24.8 Å². The minimum absolute atomic E-state index is 0.181. The summed E-state index contributed by atoms with van der Waals surface area (Å²) in [4.78, 5) is 7.43. The molecular formula is C19H23BN2O5S. The van der Waals surface area contributed by atoms with Gasteiger partial charge in [-0.15, -0.1) is 0 Å². The van der Waals surface area contributed by atoms with E-state index in [2.05, 4.69) is 9.97 Å². The summed E-state index contributed by atoms with van der Waals surface area (Å²) in [7, 11) is -4.02. The van der Waals surface area contributed by atoms with Crippen molar-refractivity contribution in [2.45, 2.75) is 19.3 Å². The molecule has 3 aliphatic rings. The Morgan fingerprint density at radius 1 is 1.29 bits per heavy atom. The highest BCUT2D eigenvalue weighted by molar-refractivity contribution is 7.91. The van der Waals surface area contributed by atoms with E-state index in [1.54, 1.807) is 12.2 Å². The third kappa shape index (κ3) is 3.36. The first-order valence-corrected chi connectivity index (χ1v) is 11.6. The van der Waals surface area contributed by atoms with Crippen LogP contribution in [0.2, 0.25) is 0 Å². The van der Waals surface area contributed by atoms with Gasteiger partial charge >= 0.3 is 7.12 Å². The molecule has 2 N–H and O–H groups in total. The first kappa shape index (κ1) is 18.2. The second-order valence-electron chi connectivity index (χ2n) is 8.21. The van der Waals surface area contributed by atoms with Gasteiger partial charge in [-0.05, 0) is 48.7 Å². The van der Waals surface area contributed by atoms with E-state index >= 15 is 0 Å². The molecule has 0 spiro atoms. The van der Waals surface area contributed by atoms with Gasteiger partial charge < -0.3 is 19.4 Å². The van der Waals surface area contributed by atoms with Crippen molar-refractivity contribution in [3.63, 3.8) is 0 Å². The summed E-state index contributed by atoms with van der Waals surface area (Å²) in [5.41, 5.74) is 2.79. The van der Waals surface area contributed by atoms with Gasteiger partial charge in [-0.25, -0.2) is 13.4 Å². The molecule has 2 aromatic rings. The standard InChI is InChI=1S/C19H23BN2O5S/c23-20-7-16(18-15-1-3-21-19(15)22-8-17(18)27-20)14-5-13(6-14)11-28(24,25)4-2-12-9-26-10-12/h1,3,7-8,12-14,23H,2,4-6,9-11H2,(H,21,22). The van der Waals surface area contributed by atoms with Crippen LogP contribution >= 0.6 is 0 Å². The Kier molecular flexibility index (Phi) is 4.48. The summed E-state index contributed by atoms with van der Waals surface area (Å²) in [6.45, 7) is 1.39. The zero-order valence-corrected chi connectivity index (χ0v) is 16.3. The van der Waals surface area contributed by atoms with Gasteiger partial charge in [0.05, 0.1) is 30.9 Å². The van der Waals surface area contributed by atoms with Gasteiger partial charge in [0, 0.05) is 23.1 Å². The molecule has 5 rings (SSSR count). The lowest BCUT2D eigenvalue weighted by Gasteiger charge is -2.39. The average molecular weight is 402 g/mol. The maximum absolute atomic E-state index is 12.4. The summed E-state index contributed by atoms with van der Waals surface area (Å²) in [5.74, 6) is 3.67. The fraction of sp³-hybridized carbons (Fsp3) is 0.526. The minimum atomic E-state index is -3.03. The first-order chi connectivity index (χ1) is 13.5. The molecule has 0 unspecified atom stereocenters. The van der Waals surface area contributed by atoms with Crippen molar-refractivity contribution in [2.75, 3.05) is 24.7 Å². The lowest BCUT2D eigenvalue weighted by molar-refractivity contribution is -0.0327. The molecule has 1 saturated heterocycles. The van der Waals surface area contributed by atoms with Gasteiger partial charge in [0.15, 0.2) is 9.84 Å². The van der Waals surface area contributed by atoms with Crippen LogP contribution in [-0.2, 0) is 14.6 Å². The van der Waals surface area contributed by atoms with Crippen LogP contribution in [0.5, 0.6) is 5.75 Å². The predicted molar refractivity (Wildman–Crippen MR) is 106 cm³/mol. The molecule has 9 heteroatoms. The predicted octanol–water partition coefficient (Wildman–Crippen LogP) is 1.84. The molecule has 28 heavy (non-hydrogen) atoms. The number of rotatable bonds is 6. The van der Waals surface area contributed by atoms with Crippen molar-refractivity contribution in [3.05, 3.63) is 30.0 Å². The first-order valence-electron chi connectivity index (χ1n) is 9.79. The van der Waals surface area contributed by atoms with E-state index in [1.165, 1.54) is 0 Å². The third-order valence-corrected chi connectivity index (χ3v) is 7.96. The number of hydrogen-bond acceptors (Lipinski definition) is 6. The lowest BCUT2D eigenvalue weighted by Crippen LogP contribution is -2.35. The zero-order chi connectivity index (χ0) is 19.3. The number of H-pyrrole nitrogens is 1. The van der Waals surface area contributed by atoms with Gasteiger partial charge in [-0.2, -0.15) is 0 Å². The number of hydrogen-bond donors (Lipinski definition) is 2. The topological polar surface area (TPSA) is 102 Å². The number of nitrogens with one attached hydrogen (secondary N) is 1. The SMILES string of the molecule is O=S(=O)(CCC1COC1)CC1CC(C2=CB(O)Oc3cnc4[nH]ccc4c32)C1. The Labute approximate surface area is 164 Å². The van der Waals surface area contributed by atoms with Crippen LogP contribution in [0.3, 0.4) is 0 Å². The Bertz CT molecular complexity index is 1020. The van der Waals surface area contributed by atoms with Crippen LogP contribution in [0, 0.1) is 17.8 Å². The fourth-order valence-electron chi connectivity index (χ4n) is 4.48. The Hall–Kier alpha value is -1.84. The minimum Gasteiger partial charge on any atom is -0.531 e. The molecule has 1 saturated carbocycles. The quantitative estimate of drug-likeness (QED) is 0.715. The number of sulfone groups is 1. The highest BCUT2D eigenvalue weighted by Crippen LogP contribution is 2.48. The number of ether oxygens (including phenoxy) is 1. The molecule has 7 nitrogen and oxygen atoms in total. The summed E-state index contributed by atoms with van der Waals surface area (Å²) < 4.78 is 35.5. The van der Waals surface area contributed by atoms with Crippen molar-refractivity contribution in [2.24, 2.45) is 17.8 Å². The number of fused-ring (bicyclic) bond motifs is 3. The second-order valence-corrected chi connectivity index (χ2v) is 10.4. The van der Waals surface area contributed by atoms with Gasteiger partial charge in [-0.1, -0.05) is 0 Å². The van der Waals surface area contributed by atoms with Gasteiger partial charge in [0.25, 0.3) is 0 Å². The fourth-order valence-corrected chi connectivity index (χ4v) is 6.33. The van der Waals surface area contributed by atoms with Crippen molar-refractivity contribution in [1.82, 2.24) is 9.97 Å². The van der Waals surface area contributed by atoms with E-state index < -0.39 is 17.0 Å². The smallest absolute Gasteiger partial charge is 0.531 e. The highest BCUT2D eigenvalue weighted by Gasteiger charge is 2.39. The number of aromatic amines is 1. The summed E-state index contributed by atoms with van der Waals surface area (Å²) in [6, 6.07) is 1.96. The highest BCUT2D eigenvalue weighted by atomic mass is 32.2. The number of pyridine rings is 1. The van der Waals surface area contributed by atoms with Crippen LogP contribution in [-0.4, -0.2) is 55.2 Å². The molecule has 4 heterocycles. The number of allylic oxidation sites excluding steroid dienone is 1. The molecule has 0 aromatic carbocycles. The van der Waals surface area contributed by atoms with Gasteiger partial charge in [0.1, 0.15) is 11.4 Å². The van der Waals surface area contributed by atoms with E-state index in [0.717, 1.165) is 35.0 Å². The van der Waals surface area contributed by atoms with E-state index in [4.69, 9.17) is 9.39 Å². The molecule has 148 valence electrons. The van der Waals surface area contributed by atoms with E-state index in [-0.39, 0.29) is 23.3 Å². The molecule has 0 atom stereocenters.